The van der Waals surface area contributed by atoms with Crippen LogP contribution in [0.25, 0.3) is 11.8 Å². The van der Waals surface area contributed by atoms with Crippen LogP contribution in [0.4, 0.5) is 15.9 Å². The fourth-order valence-electron chi connectivity index (χ4n) is 4.26. The van der Waals surface area contributed by atoms with E-state index in [0.717, 1.165) is 48.5 Å². The van der Waals surface area contributed by atoms with Crippen molar-refractivity contribution in [1.82, 2.24) is 10.3 Å². The minimum atomic E-state index is -0.380. The van der Waals surface area contributed by atoms with Crippen LogP contribution in [0.5, 0.6) is 0 Å². The zero-order valence-corrected chi connectivity index (χ0v) is 23.5. The lowest BCUT2D eigenvalue weighted by Gasteiger charge is -2.26. The molecule has 0 saturated heterocycles. The second kappa shape index (κ2) is 16.5. The Morgan fingerprint density at radius 3 is 2.49 bits per heavy atom. The Morgan fingerprint density at radius 1 is 1.16 bits per heavy atom. The normalized spacial score (nSPS) is 15.1. The SMILES string of the molecule is C=Cc1cc(F)cnc1NCc1cccc2c1NC(=NCCC1(CCC)CC1)NC2=C.CC.CC.CO. The molecule has 4 rings (SSSR count). The zero-order chi connectivity index (χ0) is 27.8. The van der Waals surface area contributed by atoms with E-state index in [4.69, 9.17) is 10.1 Å². The molecule has 2 aliphatic rings. The minimum absolute atomic E-state index is 0.380. The molecular weight excluding hydrogens is 465 g/mol. The van der Waals surface area contributed by atoms with Gasteiger partial charge >= 0.3 is 0 Å². The first-order valence-corrected chi connectivity index (χ1v) is 13.4. The summed E-state index contributed by atoms with van der Waals surface area (Å²) >= 11 is 0. The number of aliphatic imine (C=N–C) groups is 1. The Labute approximate surface area is 223 Å². The van der Waals surface area contributed by atoms with Gasteiger partial charge < -0.3 is 21.1 Å². The van der Waals surface area contributed by atoms with Crippen molar-refractivity contribution in [2.75, 3.05) is 24.3 Å². The number of nitrogens with zero attached hydrogens (tertiary/aromatic N) is 2. The summed E-state index contributed by atoms with van der Waals surface area (Å²) in [5, 5.41) is 17.0. The highest BCUT2D eigenvalue weighted by Crippen LogP contribution is 2.52. The monoisotopic (exact) mass is 511 g/mol. The predicted molar refractivity (Wildman–Crippen MR) is 158 cm³/mol. The van der Waals surface area contributed by atoms with E-state index in [-0.39, 0.29) is 5.82 Å². The van der Waals surface area contributed by atoms with E-state index >= 15 is 0 Å². The summed E-state index contributed by atoms with van der Waals surface area (Å²) in [7, 11) is 1.00. The number of aromatic nitrogens is 1. The molecule has 1 aliphatic heterocycles. The van der Waals surface area contributed by atoms with E-state index < -0.39 is 0 Å². The number of hydrogen-bond donors (Lipinski definition) is 4. The lowest BCUT2D eigenvalue weighted by atomic mass is 9.97. The molecule has 0 atom stereocenters. The molecule has 1 saturated carbocycles. The first kappa shape index (κ1) is 31.8. The smallest absolute Gasteiger partial charge is 0.200 e. The van der Waals surface area contributed by atoms with Crippen LogP contribution in [-0.2, 0) is 6.54 Å². The fraction of sp³-hybridized carbons (Fsp3) is 0.467. The lowest BCUT2D eigenvalue weighted by molar-refractivity contribution is 0.399. The van der Waals surface area contributed by atoms with Crippen LogP contribution in [0.2, 0.25) is 0 Å². The van der Waals surface area contributed by atoms with E-state index in [9.17, 15) is 4.39 Å². The number of para-hydroxylation sites is 1. The molecule has 37 heavy (non-hydrogen) atoms. The van der Waals surface area contributed by atoms with Gasteiger partial charge in [0.1, 0.15) is 11.6 Å². The third kappa shape index (κ3) is 9.01. The van der Waals surface area contributed by atoms with Crippen molar-refractivity contribution < 1.29 is 9.50 Å². The quantitative estimate of drug-likeness (QED) is 0.281. The summed E-state index contributed by atoms with van der Waals surface area (Å²) in [6, 6.07) is 7.50. The van der Waals surface area contributed by atoms with Crippen molar-refractivity contribution in [2.45, 2.75) is 73.3 Å². The van der Waals surface area contributed by atoms with Gasteiger partial charge in [0, 0.05) is 37.0 Å². The molecule has 1 fully saturated rings. The van der Waals surface area contributed by atoms with Crippen molar-refractivity contribution in [3.8, 4) is 0 Å². The van der Waals surface area contributed by atoms with Gasteiger partial charge in [-0.1, -0.05) is 78.5 Å². The molecule has 0 bridgehead atoms. The maximum absolute atomic E-state index is 13.5. The number of aliphatic hydroxyl groups excluding tert-OH is 1. The molecule has 4 N–H and O–H groups in total. The Balaban J connectivity index is 0.00000106. The van der Waals surface area contributed by atoms with Gasteiger partial charge in [-0.3, -0.25) is 4.99 Å². The number of benzene rings is 1. The van der Waals surface area contributed by atoms with Gasteiger partial charge in [-0.05, 0) is 42.7 Å². The van der Waals surface area contributed by atoms with E-state index in [0.29, 0.717) is 23.3 Å². The van der Waals surface area contributed by atoms with Gasteiger partial charge in [-0.25, -0.2) is 9.37 Å². The molecular formula is C30H46FN5O. The summed E-state index contributed by atoms with van der Waals surface area (Å²) in [6.45, 7) is 19.5. The van der Waals surface area contributed by atoms with Crippen LogP contribution in [0.1, 0.15) is 83.4 Å². The van der Waals surface area contributed by atoms with Crippen LogP contribution in [0.15, 0.2) is 48.6 Å². The van der Waals surface area contributed by atoms with Crippen LogP contribution in [0.3, 0.4) is 0 Å². The van der Waals surface area contributed by atoms with Crippen LogP contribution in [-0.4, -0.2) is 29.7 Å². The second-order valence-electron chi connectivity index (χ2n) is 8.45. The number of halogens is 1. The summed E-state index contributed by atoms with van der Waals surface area (Å²) in [6.07, 6.45) is 9.15. The maximum Gasteiger partial charge on any atom is 0.200 e. The first-order chi connectivity index (χ1) is 18.0. The van der Waals surface area contributed by atoms with E-state index in [1.54, 1.807) is 6.08 Å². The van der Waals surface area contributed by atoms with Gasteiger partial charge in [0.15, 0.2) is 5.96 Å². The zero-order valence-electron chi connectivity index (χ0n) is 23.5. The van der Waals surface area contributed by atoms with Crippen molar-refractivity contribution in [2.24, 2.45) is 10.4 Å². The molecule has 7 heteroatoms. The summed E-state index contributed by atoms with van der Waals surface area (Å²) in [4.78, 5) is 8.94. The predicted octanol–water partition coefficient (Wildman–Crippen LogP) is 7.45. The van der Waals surface area contributed by atoms with Crippen molar-refractivity contribution in [3.63, 3.8) is 0 Å². The molecule has 6 nitrogen and oxygen atoms in total. The molecule has 204 valence electrons. The van der Waals surface area contributed by atoms with Gasteiger partial charge in [-0.15, -0.1) is 0 Å². The summed E-state index contributed by atoms with van der Waals surface area (Å²) < 4.78 is 13.5. The summed E-state index contributed by atoms with van der Waals surface area (Å²) in [5.74, 6) is 0.958. The molecule has 1 aromatic heterocycles. The van der Waals surface area contributed by atoms with Gasteiger partial charge in [0.05, 0.1) is 11.9 Å². The van der Waals surface area contributed by atoms with Crippen LogP contribution < -0.4 is 16.0 Å². The fourth-order valence-corrected chi connectivity index (χ4v) is 4.26. The number of hydrogen-bond acceptors (Lipinski definition) is 4. The molecule has 2 heterocycles. The Morgan fingerprint density at radius 2 is 1.86 bits per heavy atom. The standard InChI is InChI=1S/C25H30FN5.2C2H6.CH4O/c1-4-9-25(10-11-25)12-13-27-24-30-17(3)21-8-6-7-19(22(21)31-24)15-28-23-18(5-2)14-20(26)16-29-23;3*1-2/h5-8,14,16H,2-4,9-13,15H2,1H3,(H,28,29)(H2,27,30,31);2*1-2H3;2H,1H3. The Hall–Kier alpha value is -3.19. The third-order valence-electron chi connectivity index (χ3n) is 6.19. The van der Waals surface area contributed by atoms with Gasteiger partial charge in [0.2, 0.25) is 0 Å². The number of anilines is 2. The Bertz CT molecular complexity index is 1030. The number of rotatable bonds is 9. The largest absolute Gasteiger partial charge is 0.400 e. The van der Waals surface area contributed by atoms with E-state index in [1.165, 1.54) is 37.9 Å². The third-order valence-corrected chi connectivity index (χ3v) is 6.19. The molecule has 0 amide bonds. The average Bonchev–Trinajstić information content (AvgIpc) is 3.71. The minimum Gasteiger partial charge on any atom is -0.400 e. The van der Waals surface area contributed by atoms with Gasteiger partial charge in [0.25, 0.3) is 0 Å². The van der Waals surface area contributed by atoms with Crippen LogP contribution in [0, 0.1) is 11.2 Å². The van der Waals surface area contributed by atoms with E-state index in [2.05, 4.69) is 41.0 Å². The number of nitrogens with one attached hydrogen (secondary N) is 3. The molecule has 1 aliphatic carbocycles. The van der Waals surface area contributed by atoms with Crippen molar-refractivity contribution in [1.29, 1.82) is 0 Å². The van der Waals surface area contributed by atoms with Crippen molar-refractivity contribution >= 4 is 29.2 Å². The first-order valence-electron chi connectivity index (χ1n) is 13.4. The topological polar surface area (TPSA) is 81.6 Å². The summed E-state index contributed by atoms with van der Waals surface area (Å²) in [5.41, 5.74) is 5.04. The average molecular weight is 512 g/mol. The highest BCUT2D eigenvalue weighted by Gasteiger charge is 2.40. The van der Waals surface area contributed by atoms with Crippen molar-refractivity contribution in [3.05, 3.63) is 66.1 Å². The molecule has 0 radical (unpaired) electrons. The maximum atomic E-state index is 13.5. The molecule has 1 aromatic carbocycles. The number of guanidine groups is 1. The van der Waals surface area contributed by atoms with Crippen LogP contribution >= 0.6 is 0 Å². The second-order valence-corrected chi connectivity index (χ2v) is 8.45. The molecule has 0 spiro atoms. The highest BCUT2D eigenvalue weighted by molar-refractivity contribution is 6.06. The number of fused-ring (bicyclic) bond motifs is 1. The lowest BCUT2D eigenvalue weighted by Crippen LogP contribution is -2.35. The molecule has 2 aromatic rings. The Kier molecular flexibility index (Phi) is 14.2. The van der Waals surface area contributed by atoms with E-state index in [1.807, 2.05) is 45.9 Å². The highest BCUT2D eigenvalue weighted by atomic mass is 19.1. The molecule has 0 unspecified atom stereocenters. The van der Waals surface area contributed by atoms with Gasteiger partial charge in [-0.2, -0.15) is 0 Å². The number of aliphatic hydroxyl groups is 1. The number of pyridine rings is 1.